The van der Waals surface area contributed by atoms with Crippen molar-refractivity contribution in [2.75, 3.05) is 4.55 Å². The molecule has 0 saturated heterocycles. The monoisotopic (exact) mass is 588 g/mol. The number of hydrogen-bond donors (Lipinski definition) is 2. The van der Waals surface area contributed by atoms with Gasteiger partial charge in [0.1, 0.15) is 0 Å². The fourth-order valence-corrected chi connectivity index (χ4v) is 11.5. The van der Waals surface area contributed by atoms with Crippen molar-refractivity contribution in [3.05, 3.63) is 54.1 Å². The minimum atomic E-state index is -1.82. The average molecular weight is 589 g/mol. The summed E-state index contributed by atoms with van der Waals surface area (Å²) in [6, 6.07) is 15.8. The van der Waals surface area contributed by atoms with Gasteiger partial charge in [-0.3, -0.25) is 0 Å². The van der Waals surface area contributed by atoms with E-state index in [2.05, 4.69) is 14.5 Å². The maximum atomic E-state index is 13.2. The second-order valence-corrected chi connectivity index (χ2v) is 15.2. The number of alkyl halides is 2. The number of carbonyl (C=O) groups is 1. The Hall–Kier alpha value is -2.29. The molecule has 5 rings (SSSR count). The molecule has 6 nitrogen and oxygen atoms in total. The van der Waals surface area contributed by atoms with Gasteiger partial charge in [-0.15, -0.1) is 0 Å². The Morgan fingerprint density at radius 1 is 0.971 bits per heavy atom. The van der Waals surface area contributed by atoms with E-state index in [4.69, 9.17) is 15.5 Å². The zero-order valence-corrected chi connectivity index (χ0v) is 22.6. The van der Waals surface area contributed by atoms with Gasteiger partial charge < -0.3 is 0 Å². The van der Waals surface area contributed by atoms with Gasteiger partial charge in [-0.2, -0.15) is 0 Å². The van der Waals surface area contributed by atoms with E-state index in [-0.39, 0.29) is 5.92 Å². The van der Waals surface area contributed by atoms with Gasteiger partial charge in [-0.05, 0) is 0 Å². The third-order valence-corrected chi connectivity index (χ3v) is 13.5. The Morgan fingerprint density at radius 2 is 1.69 bits per heavy atom. The molecule has 2 aliphatic carbocycles. The van der Waals surface area contributed by atoms with E-state index >= 15 is 0 Å². The SMILES string of the molecule is NC1=Nc2ccc(Oc3ccccc3)cc2CN1CI(NC(=O)C1CCCCC1)C1CCCCC1. The molecule has 2 saturated carbocycles. The number of aliphatic imine (C=N–C) groups is 1. The number of ether oxygens (including phenoxy) is 1. The van der Waals surface area contributed by atoms with E-state index in [1.54, 1.807) is 0 Å². The molecule has 0 atom stereocenters. The molecule has 0 spiro atoms. The predicted molar refractivity (Wildman–Crippen MR) is 150 cm³/mol. The fraction of sp³-hybridized carbons (Fsp3) is 0.500. The van der Waals surface area contributed by atoms with Crippen LogP contribution in [0.15, 0.2) is 53.5 Å². The van der Waals surface area contributed by atoms with Crippen molar-refractivity contribution in [2.24, 2.45) is 16.6 Å². The zero-order valence-electron chi connectivity index (χ0n) is 20.4. The van der Waals surface area contributed by atoms with Crippen molar-refractivity contribution < 1.29 is 9.53 Å². The molecule has 2 aromatic carbocycles. The molecule has 2 aromatic rings. The number of rotatable bonds is 7. The van der Waals surface area contributed by atoms with Crippen molar-refractivity contribution in [3.8, 4) is 11.5 Å². The number of benzene rings is 2. The second-order valence-electron chi connectivity index (χ2n) is 9.92. The molecular weight excluding hydrogens is 551 g/mol. The van der Waals surface area contributed by atoms with Crippen LogP contribution in [0.25, 0.3) is 0 Å². The molecule has 3 aliphatic rings. The molecule has 0 aromatic heterocycles. The first-order valence-electron chi connectivity index (χ1n) is 13.1. The van der Waals surface area contributed by atoms with Gasteiger partial charge in [-0.25, -0.2) is 0 Å². The molecule has 0 unspecified atom stereocenters. The van der Waals surface area contributed by atoms with Crippen LogP contribution in [0.4, 0.5) is 5.69 Å². The molecule has 0 radical (unpaired) electrons. The van der Waals surface area contributed by atoms with Crippen LogP contribution in [0, 0.1) is 5.92 Å². The third kappa shape index (κ3) is 6.29. The maximum absolute atomic E-state index is 13.2. The van der Waals surface area contributed by atoms with Crippen LogP contribution in [0.2, 0.25) is 0 Å². The first-order valence-corrected chi connectivity index (χ1v) is 16.9. The summed E-state index contributed by atoms with van der Waals surface area (Å²) in [4.78, 5) is 20.1. The van der Waals surface area contributed by atoms with E-state index in [1.807, 2.05) is 42.5 Å². The number of halogens is 1. The summed E-state index contributed by atoms with van der Waals surface area (Å²) >= 11 is -1.82. The van der Waals surface area contributed by atoms with Crippen LogP contribution < -0.4 is 14.0 Å². The van der Waals surface area contributed by atoms with Crippen molar-refractivity contribution in [3.63, 3.8) is 0 Å². The topological polar surface area (TPSA) is 80.0 Å². The number of para-hydroxylation sites is 1. The molecule has 2 fully saturated rings. The Balaban J connectivity index is 1.30. The Labute approximate surface area is 216 Å². The molecule has 35 heavy (non-hydrogen) atoms. The van der Waals surface area contributed by atoms with E-state index in [0.29, 0.717) is 22.3 Å². The average Bonchev–Trinajstić information content (AvgIpc) is 2.90. The summed E-state index contributed by atoms with van der Waals surface area (Å²) in [6.07, 6.45) is 12.1. The minimum absolute atomic E-state index is 0.206. The summed E-state index contributed by atoms with van der Waals surface area (Å²) in [5.74, 6) is 2.71. The molecule has 7 heteroatoms. The summed E-state index contributed by atoms with van der Waals surface area (Å²) in [5.41, 5.74) is 8.49. The zero-order chi connectivity index (χ0) is 24.0. The predicted octanol–water partition coefficient (Wildman–Crippen LogP) is 6.65. The summed E-state index contributed by atoms with van der Waals surface area (Å²) < 4.78 is 11.2. The van der Waals surface area contributed by atoms with Crippen LogP contribution in [0.3, 0.4) is 0 Å². The van der Waals surface area contributed by atoms with E-state index in [0.717, 1.165) is 40.1 Å². The number of nitrogens with zero attached hydrogens (tertiary/aromatic N) is 2. The number of guanidine groups is 1. The van der Waals surface area contributed by atoms with Crippen molar-refractivity contribution in [2.45, 2.75) is 74.7 Å². The standard InChI is InChI=1S/C28H37IN4O2/c30-28-31-26-17-16-25(35-24-14-8-3-9-15-24)18-22(26)19-33(28)20-29(23-12-6-2-7-13-23)32-27(34)21-10-4-1-5-11-21/h3,8-9,14-18,21,23H,1-2,4-7,10-13,19-20H2,(H2,30,31)(H,32,34). The number of nitrogens with one attached hydrogen (secondary N) is 1. The normalized spacial score (nSPS) is 19.5. The molecular formula is C28H37IN4O2. The number of nitrogens with two attached hydrogens (primary N) is 1. The van der Waals surface area contributed by atoms with E-state index in [1.165, 1.54) is 51.4 Å². The summed E-state index contributed by atoms with van der Waals surface area (Å²) in [7, 11) is 0. The van der Waals surface area contributed by atoms with E-state index in [9.17, 15) is 4.79 Å². The van der Waals surface area contributed by atoms with Gasteiger partial charge in [-0.1, -0.05) is 0 Å². The summed E-state index contributed by atoms with van der Waals surface area (Å²) in [5, 5.41) is 0. The van der Waals surface area contributed by atoms with Gasteiger partial charge in [0.05, 0.1) is 0 Å². The van der Waals surface area contributed by atoms with Gasteiger partial charge in [0.25, 0.3) is 0 Å². The third-order valence-electron chi connectivity index (χ3n) is 7.32. The number of amides is 1. The van der Waals surface area contributed by atoms with Gasteiger partial charge in [0, 0.05) is 0 Å². The fourth-order valence-electron chi connectivity index (χ4n) is 5.31. The van der Waals surface area contributed by atoms with Gasteiger partial charge in [0.2, 0.25) is 0 Å². The molecule has 3 N–H and O–H groups in total. The van der Waals surface area contributed by atoms with Gasteiger partial charge >= 0.3 is 217 Å². The number of carbonyl (C=O) groups excluding carboxylic acids is 1. The van der Waals surface area contributed by atoms with Gasteiger partial charge in [0.15, 0.2) is 0 Å². The first kappa shape index (κ1) is 24.4. The Kier molecular flexibility index (Phi) is 8.11. The number of fused-ring (bicyclic) bond motifs is 1. The molecule has 188 valence electrons. The molecule has 1 heterocycles. The molecule has 1 amide bonds. The van der Waals surface area contributed by atoms with Crippen LogP contribution in [0.1, 0.15) is 69.8 Å². The molecule has 0 bridgehead atoms. The van der Waals surface area contributed by atoms with Crippen LogP contribution >= 0.6 is 20.1 Å². The van der Waals surface area contributed by atoms with Crippen molar-refractivity contribution in [1.29, 1.82) is 0 Å². The van der Waals surface area contributed by atoms with Crippen molar-refractivity contribution >= 4 is 37.6 Å². The quantitative estimate of drug-likeness (QED) is 0.164. The second kappa shape index (κ2) is 11.6. The van der Waals surface area contributed by atoms with Crippen molar-refractivity contribution in [1.82, 2.24) is 8.43 Å². The van der Waals surface area contributed by atoms with Crippen LogP contribution in [-0.4, -0.2) is 25.2 Å². The number of hydrogen-bond acceptors (Lipinski definition) is 5. The van der Waals surface area contributed by atoms with E-state index < -0.39 is 20.1 Å². The van der Waals surface area contributed by atoms with Crippen LogP contribution in [0.5, 0.6) is 11.5 Å². The Bertz CT molecular complexity index is 1030. The Morgan fingerprint density at radius 3 is 2.43 bits per heavy atom. The summed E-state index contributed by atoms with van der Waals surface area (Å²) in [6.45, 7) is 0.705. The van der Waals surface area contributed by atoms with Crippen LogP contribution in [-0.2, 0) is 11.3 Å². The molecule has 1 aliphatic heterocycles. The first-order chi connectivity index (χ1) is 17.2.